The number of anilines is 1. The number of nitrogens with zero attached hydrogens (tertiary/aromatic N) is 1. The lowest BCUT2D eigenvalue weighted by Gasteiger charge is -2.08. The molecule has 0 aliphatic carbocycles. The minimum Gasteiger partial charge on any atom is -0.397 e. The number of aromatic nitrogens is 2. The fourth-order valence-corrected chi connectivity index (χ4v) is 4.75. The lowest BCUT2D eigenvalue weighted by Crippen LogP contribution is -1.96. The summed E-state index contributed by atoms with van der Waals surface area (Å²) in [6, 6.07) is 8.14. The molecule has 0 radical (unpaired) electrons. The number of rotatable bonds is 1. The van der Waals surface area contributed by atoms with Gasteiger partial charge in [-0.25, -0.2) is 4.98 Å². The highest BCUT2D eigenvalue weighted by atomic mass is 32.2. The average Bonchev–Trinajstić information content (AvgIpc) is 3.02. The third-order valence-electron chi connectivity index (χ3n) is 3.40. The minimum absolute atomic E-state index is 0.733. The molecule has 0 fully saturated rings. The van der Waals surface area contributed by atoms with E-state index >= 15 is 0 Å². The summed E-state index contributed by atoms with van der Waals surface area (Å²) in [6.45, 7) is 0. The van der Waals surface area contributed by atoms with Crippen LogP contribution in [0.15, 0.2) is 24.3 Å². The first-order chi connectivity index (χ1) is 9.31. The fourth-order valence-electron chi connectivity index (χ4n) is 2.43. The van der Waals surface area contributed by atoms with Gasteiger partial charge in [0, 0.05) is 10.6 Å². The molecular formula is C14H13N3S2. The number of hydrogen-bond donors (Lipinski definition) is 2. The molecule has 1 aromatic carbocycles. The molecule has 3 nitrogen and oxygen atoms in total. The third-order valence-corrected chi connectivity index (χ3v) is 5.66. The Morgan fingerprint density at radius 2 is 2.26 bits per heavy atom. The first-order valence-corrected chi connectivity index (χ1v) is 8.22. The maximum absolute atomic E-state index is 5.96. The highest BCUT2D eigenvalue weighted by molar-refractivity contribution is 7.98. The number of H-pyrrole nitrogens is 1. The molecule has 0 atom stereocenters. The summed E-state index contributed by atoms with van der Waals surface area (Å²) < 4.78 is 0. The van der Waals surface area contributed by atoms with Gasteiger partial charge in [-0.1, -0.05) is 6.07 Å². The first-order valence-electron chi connectivity index (χ1n) is 6.25. The summed E-state index contributed by atoms with van der Waals surface area (Å²) in [5.41, 5.74) is 10.1. The Morgan fingerprint density at radius 1 is 1.32 bits per heavy atom. The maximum atomic E-state index is 5.96. The van der Waals surface area contributed by atoms with Crippen LogP contribution in [-0.2, 0) is 12.2 Å². The highest BCUT2D eigenvalue weighted by Gasteiger charge is 2.16. The second kappa shape index (κ2) is 4.28. The minimum atomic E-state index is 0.733. The molecule has 2 aromatic heterocycles. The Balaban J connectivity index is 1.85. The van der Waals surface area contributed by atoms with E-state index in [4.69, 9.17) is 5.73 Å². The van der Waals surface area contributed by atoms with Crippen LogP contribution in [0.2, 0.25) is 0 Å². The second-order valence-electron chi connectivity index (χ2n) is 4.69. The molecule has 0 saturated heterocycles. The molecule has 0 saturated carbocycles. The van der Waals surface area contributed by atoms with E-state index < -0.39 is 0 Å². The molecule has 3 aromatic rings. The number of para-hydroxylation sites is 1. The zero-order valence-corrected chi connectivity index (χ0v) is 11.9. The van der Waals surface area contributed by atoms with Crippen molar-refractivity contribution in [3.63, 3.8) is 0 Å². The SMILES string of the molecule is Nc1cccc2[nH]c(-c3cc4c(s3)CCSC4)nc12. The highest BCUT2D eigenvalue weighted by Crippen LogP contribution is 2.36. The number of nitrogens with two attached hydrogens (primary N) is 1. The smallest absolute Gasteiger partial charge is 0.148 e. The van der Waals surface area contributed by atoms with E-state index in [-0.39, 0.29) is 0 Å². The number of nitrogen functional groups attached to an aromatic ring is 1. The zero-order chi connectivity index (χ0) is 12.8. The topological polar surface area (TPSA) is 54.7 Å². The molecule has 19 heavy (non-hydrogen) atoms. The van der Waals surface area contributed by atoms with E-state index in [0.717, 1.165) is 28.3 Å². The number of nitrogens with one attached hydrogen (secondary N) is 1. The number of aryl methyl sites for hydroxylation is 1. The van der Waals surface area contributed by atoms with E-state index in [0.29, 0.717) is 0 Å². The van der Waals surface area contributed by atoms with Gasteiger partial charge >= 0.3 is 0 Å². The Kier molecular flexibility index (Phi) is 2.56. The van der Waals surface area contributed by atoms with Crippen LogP contribution in [0.5, 0.6) is 0 Å². The number of imidazole rings is 1. The van der Waals surface area contributed by atoms with Crippen molar-refractivity contribution in [2.45, 2.75) is 12.2 Å². The quantitative estimate of drug-likeness (QED) is 0.672. The fraction of sp³-hybridized carbons (Fsp3) is 0.214. The number of fused-ring (bicyclic) bond motifs is 2. The van der Waals surface area contributed by atoms with Gasteiger partial charge in [-0.2, -0.15) is 11.8 Å². The molecule has 4 rings (SSSR count). The van der Waals surface area contributed by atoms with Gasteiger partial charge in [0.1, 0.15) is 11.3 Å². The Hall–Kier alpha value is -1.46. The number of thioether (sulfide) groups is 1. The van der Waals surface area contributed by atoms with Crippen LogP contribution in [0.1, 0.15) is 10.4 Å². The van der Waals surface area contributed by atoms with E-state index in [1.54, 1.807) is 0 Å². The lowest BCUT2D eigenvalue weighted by molar-refractivity contribution is 1.13. The molecule has 3 heterocycles. The summed E-state index contributed by atoms with van der Waals surface area (Å²) in [5, 5.41) is 0. The first kappa shape index (κ1) is 11.4. The van der Waals surface area contributed by atoms with E-state index in [9.17, 15) is 0 Å². The number of benzene rings is 1. The lowest BCUT2D eigenvalue weighted by atomic mass is 10.2. The molecule has 5 heteroatoms. The Bertz CT molecular complexity index is 734. The summed E-state index contributed by atoms with van der Waals surface area (Å²) in [6.07, 6.45) is 1.19. The second-order valence-corrected chi connectivity index (χ2v) is 6.93. The van der Waals surface area contributed by atoms with Gasteiger partial charge in [0.25, 0.3) is 0 Å². The molecule has 0 spiro atoms. The number of thiophene rings is 1. The van der Waals surface area contributed by atoms with Crippen molar-refractivity contribution < 1.29 is 0 Å². The van der Waals surface area contributed by atoms with Gasteiger partial charge in [0.05, 0.1) is 16.1 Å². The predicted octanol–water partition coefficient (Wildman–Crippen LogP) is 3.66. The van der Waals surface area contributed by atoms with Crippen LogP contribution < -0.4 is 5.73 Å². The van der Waals surface area contributed by atoms with Crippen molar-refractivity contribution in [1.82, 2.24) is 9.97 Å². The van der Waals surface area contributed by atoms with Gasteiger partial charge in [0.15, 0.2) is 0 Å². The standard InChI is InChI=1S/C14H13N3S2/c15-9-2-1-3-10-13(9)17-14(16-10)12-6-8-7-18-5-4-11(8)19-12/h1-3,6H,4-5,7,15H2,(H,16,17). The van der Waals surface area contributed by atoms with Crippen molar-refractivity contribution in [1.29, 1.82) is 0 Å². The molecule has 1 aliphatic heterocycles. The van der Waals surface area contributed by atoms with Crippen molar-refractivity contribution in [3.05, 3.63) is 34.7 Å². The molecule has 1 aliphatic rings. The van der Waals surface area contributed by atoms with Crippen LogP contribution in [0.3, 0.4) is 0 Å². The molecule has 3 N–H and O–H groups in total. The number of hydrogen-bond acceptors (Lipinski definition) is 4. The summed E-state index contributed by atoms with van der Waals surface area (Å²) in [7, 11) is 0. The normalized spacial score (nSPS) is 14.7. The van der Waals surface area contributed by atoms with E-state index in [1.165, 1.54) is 27.5 Å². The predicted molar refractivity (Wildman–Crippen MR) is 83.7 cm³/mol. The zero-order valence-electron chi connectivity index (χ0n) is 10.3. The molecular weight excluding hydrogens is 274 g/mol. The Labute approximate surface area is 119 Å². The summed E-state index contributed by atoms with van der Waals surface area (Å²) in [5.74, 6) is 3.31. The Morgan fingerprint density at radius 3 is 3.11 bits per heavy atom. The van der Waals surface area contributed by atoms with Crippen molar-refractivity contribution in [2.24, 2.45) is 0 Å². The van der Waals surface area contributed by atoms with E-state index in [2.05, 4.69) is 16.0 Å². The monoisotopic (exact) mass is 287 g/mol. The van der Waals surface area contributed by atoms with Crippen LogP contribution >= 0.6 is 23.1 Å². The van der Waals surface area contributed by atoms with Gasteiger partial charge in [-0.05, 0) is 35.9 Å². The van der Waals surface area contributed by atoms with Gasteiger partial charge in [-0.3, -0.25) is 0 Å². The van der Waals surface area contributed by atoms with Crippen LogP contribution in [0, 0.1) is 0 Å². The largest absolute Gasteiger partial charge is 0.397 e. The summed E-state index contributed by atoms with van der Waals surface area (Å²) in [4.78, 5) is 10.8. The van der Waals surface area contributed by atoms with Gasteiger partial charge < -0.3 is 10.7 Å². The van der Waals surface area contributed by atoms with E-state index in [1.807, 2.05) is 41.3 Å². The van der Waals surface area contributed by atoms with Crippen molar-refractivity contribution in [3.8, 4) is 10.7 Å². The maximum Gasteiger partial charge on any atom is 0.148 e. The third kappa shape index (κ3) is 1.84. The van der Waals surface area contributed by atoms with Crippen molar-refractivity contribution >= 4 is 39.8 Å². The van der Waals surface area contributed by atoms with Crippen LogP contribution in [-0.4, -0.2) is 15.7 Å². The average molecular weight is 287 g/mol. The van der Waals surface area contributed by atoms with Crippen LogP contribution in [0.25, 0.3) is 21.7 Å². The van der Waals surface area contributed by atoms with Crippen LogP contribution in [0.4, 0.5) is 5.69 Å². The molecule has 96 valence electrons. The van der Waals surface area contributed by atoms with Gasteiger partial charge in [-0.15, -0.1) is 11.3 Å². The molecule has 0 unspecified atom stereocenters. The molecule has 0 amide bonds. The molecule has 0 bridgehead atoms. The number of aromatic amines is 1. The van der Waals surface area contributed by atoms with Gasteiger partial charge in [0.2, 0.25) is 0 Å². The van der Waals surface area contributed by atoms with Crippen molar-refractivity contribution in [2.75, 3.05) is 11.5 Å². The summed E-state index contributed by atoms with van der Waals surface area (Å²) >= 11 is 3.87.